The van der Waals surface area contributed by atoms with E-state index in [1.807, 2.05) is 55.8 Å². The lowest BCUT2D eigenvalue weighted by Gasteiger charge is -2.18. The topological polar surface area (TPSA) is 89.3 Å². The van der Waals surface area contributed by atoms with Crippen LogP contribution in [0.5, 0.6) is 0 Å². The number of aromatic nitrogens is 3. The Hall–Kier alpha value is -2.55. The van der Waals surface area contributed by atoms with Crippen LogP contribution in [0.1, 0.15) is 50.4 Å². The highest BCUT2D eigenvalue weighted by atomic mass is 28.3. The van der Waals surface area contributed by atoms with Crippen molar-refractivity contribution in [1.29, 1.82) is 0 Å². The normalized spacial score (nSPS) is 18.6. The molecule has 194 valence electrons. The Kier molecular flexibility index (Phi) is 7.69. The van der Waals surface area contributed by atoms with Crippen molar-refractivity contribution >= 4 is 30.7 Å². The number of carbonyl (C=O) groups excluding carboxylic acids is 1. The minimum atomic E-state index is -1.19. The lowest BCUT2D eigenvalue weighted by molar-refractivity contribution is 0.0849. The van der Waals surface area contributed by atoms with Gasteiger partial charge in [0.2, 0.25) is 0 Å². The monoisotopic (exact) mass is 508 g/mol. The zero-order valence-electron chi connectivity index (χ0n) is 22.5. The number of hydrogen-bond donors (Lipinski definition) is 2. The van der Waals surface area contributed by atoms with Gasteiger partial charge < -0.3 is 19.7 Å². The molecule has 0 aliphatic heterocycles. The minimum absolute atomic E-state index is 0.0328. The molecule has 1 aliphatic carbocycles. The molecule has 4 rings (SSSR count). The van der Waals surface area contributed by atoms with Gasteiger partial charge in [-0.2, -0.15) is 0 Å². The molecule has 36 heavy (non-hydrogen) atoms. The molecule has 7 nitrogen and oxygen atoms in total. The summed E-state index contributed by atoms with van der Waals surface area (Å²) in [5, 5.41) is 13.7. The summed E-state index contributed by atoms with van der Waals surface area (Å²) < 4.78 is 7.87. The number of anilines is 1. The molecular formula is C28H40N4O3Si. The third-order valence-electron chi connectivity index (χ3n) is 6.71. The number of rotatable bonds is 9. The molecule has 0 spiro atoms. The molecular weight excluding hydrogens is 468 g/mol. The van der Waals surface area contributed by atoms with Crippen LogP contribution in [0.4, 0.5) is 5.69 Å². The average molecular weight is 509 g/mol. The summed E-state index contributed by atoms with van der Waals surface area (Å²) in [6.45, 7) is 13.8. The van der Waals surface area contributed by atoms with E-state index >= 15 is 0 Å². The van der Waals surface area contributed by atoms with Crippen LogP contribution in [0.3, 0.4) is 0 Å². The molecule has 8 heteroatoms. The smallest absolute Gasteiger partial charge is 0.171 e. The van der Waals surface area contributed by atoms with Crippen LogP contribution in [-0.4, -0.2) is 52.3 Å². The minimum Gasteiger partial charge on any atom is -0.391 e. The van der Waals surface area contributed by atoms with Crippen molar-refractivity contribution in [3.05, 3.63) is 42.2 Å². The van der Waals surface area contributed by atoms with E-state index in [1.54, 1.807) is 6.20 Å². The molecule has 0 saturated heterocycles. The Morgan fingerprint density at radius 1 is 1.25 bits per heavy atom. The molecule has 2 aromatic heterocycles. The van der Waals surface area contributed by atoms with Gasteiger partial charge in [0.15, 0.2) is 11.4 Å². The van der Waals surface area contributed by atoms with E-state index in [-0.39, 0.29) is 17.9 Å². The summed E-state index contributed by atoms with van der Waals surface area (Å²) >= 11 is 0. The van der Waals surface area contributed by atoms with Gasteiger partial charge in [-0.1, -0.05) is 52.5 Å². The van der Waals surface area contributed by atoms with Crippen molar-refractivity contribution in [2.45, 2.75) is 84.6 Å². The zero-order valence-corrected chi connectivity index (χ0v) is 23.5. The Balaban J connectivity index is 1.65. The number of benzene rings is 1. The molecule has 2 heterocycles. The highest BCUT2D eigenvalue weighted by Crippen LogP contribution is 2.30. The van der Waals surface area contributed by atoms with Crippen LogP contribution in [0.2, 0.25) is 25.7 Å². The number of ketones is 1. The number of aliphatic hydroxyl groups is 1. The van der Waals surface area contributed by atoms with E-state index in [9.17, 15) is 9.90 Å². The maximum absolute atomic E-state index is 13.3. The van der Waals surface area contributed by atoms with Crippen LogP contribution < -0.4 is 5.32 Å². The van der Waals surface area contributed by atoms with Crippen LogP contribution in [0, 0.1) is 5.41 Å². The Morgan fingerprint density at radius 2 is 2.03 bits per heavy atom. The first kappa shape index (κ1) is 26.5. The first-order chi connectivity index (χ1) is 16.9. The number of hydrogen-bond acceptors (Lipinski definition) is 6. The largest absolute Gasteiger partial charge is 0.391 e. The number of fused-ring (bicyclic) bond motifs is 1. The highest BCUT2D eigenvalue weighted by Gasteiger charge is 2.28. The summed E-state index contributed by atoms with van der Waals surface area (Å²) in [6, 6.07) is 9.15. The van der Waals surface area contributed by atoms with Crippen LogP contribution in [0.25, 0.3) is 22.4 Å². The molecule has 1 saturated carbocycles. The SMILES string of the molecule is CC(C)(C)C(=O)c1cn(COCC[Si](C)(C)C)c2ncc(-c3cccc(N[C@@H]4CCC[C@H]4O)c3)nc12. The third-order valence-corrected chi connectivity index (χ3v) is 8.41. The molecule has 0 amide bonds. The van der Waals surface area contributed by atoms with E-state index in [0.717, 1.165) is 36.6 Å². The Bertz CT molecular complexity index is 1230. The molecule has 1 aliphatic rings. The summed E-state index contributed by atoms with van der Waals surface area (Å²) in [7, 11) is -1.19. The van der Waals surface area contributed by atoms with E-state index in [2.05, 4.69) is 25.0 Å². The Labute approximate surface area is 215 Å². The maximum atomic E-state index is 13.3. The van der Waals surface area contributed by atoms with E-state index in [1.165, 1.54) is 0 Å². The van der Waals surface area contributed by atoms with Gasteiger partial charge in [0, 0.05) is 37.5 Å². The molecule has 0 unspecified atom stereocenters. The number of nitrogens with zero attached hydrogens (tertiary/aromatic N) is 3. The van der Waals surface area contributed by atoms with Gasteiger partial charge in [-0.25, -0.2) is 9.97 Å². The number of Topliss-reactive ketones (excluding diaryl/α,β-unsaturated/α-hetero) is 1. The van der Waals surface area contributed by atoms with E-state index in [0.29, 0.717) is 35.8 Å². The molecule has 2 atom stereocenters. The number of ether oxygens (including phenoxy) is 1. The fourth-order valence-corrected chi connectivity index (χ4v) is 5.25. The molecule has 1 aromatic carbocycles. The van der Waals surface area contributed by atoms with Crippen LogP contribution >= 0.6 is 0 Å². The highest BCUT2D eigenvalue weighted by molar-refractivity contribution is 6.76. The molecule has 1 fully saturated rings. The predicted octanol–water partition coefficient (Wildman–Crippen LogP) is 5.96. The van der Waals surface area contributed by atoms with Crippen molar-refractivity contribution in [3.8, 4) is 11.3 Å². The average Bonchev–Trinajstić information content (AvgIpc) is 3.38. The fraction of sp³-hybridized carbons (Fsp3) is 0.536. The van der Waals surface area contributed by atoms with Gasteiger partial charge in [0.1, 0.15) is 12.2 Å². The van der Waals surface area contributed by atoms with Gasteiger partial charge in [-0.15, -0.1) is 0 Å². The molecule has 2 N–H and O–H groups in total. The lowest BCUT2D eigenvalue weighted by atomic mass is 9.87. The van der Waals surface area contributed by atoms with E-state index in [4.69, 9.17) is 14.7 Å². The summed E-state index contributed by atoms with van der Waals surface area (Å²) in [4.78, 5) is 23.0. The second-order valence-electron chi connectivity index (χ2n) is 12.2. The second-order valence-corrected chi connectivity index (χ2v) is 17.8. The first-order valence-corrected chi connectivity index (χ1v) is 16.7. The van der Waals surface area contributed by atoms with Gasteiger partial charge in [-0.3, -0.25) is 4.79 Å². The third kappa shape index (κ3) is 6.22. The summed E-state index contributed by atoms with van der Waals surface area (Å²) in [5.74, 6) is 0.0328. The Morgan fingerprint density at radius 3 is 2.69 bits per heavy atom. The van der Waals surface area contributed by atoms with Crippen LogP contribution in [-0.2, 0) is 11.5 Å². The first-order valence-electron chi connectivity index (χ1n) is 13.0. The van der Waals surface area contributed by atoms with Crippen molar-refractivity contribution in [1.82, 2.24) is 14.5 Å². The zero-order chi connectivity index (χ0) is 26.1. The lowest BCUT2D eigenvalue weighted by Crippen LogP contribution is -2.27. The number of nitrogens with one attached hydrogen (secondary N) is 1. The summed E-state index contributed by atoms with van der Waals surface area (Å²) in [6.07, 6.45) is 6.12. The quantitative estimate of drug-likeness (QED) is 0.210. The second kappa shape index (κ2) is 10.4. The van der Waals surface area contributed by atoms with Crippen molar-refractivity contribution in [2.24, 2.45) is 5.41 Å². The molecule has 0 bridgehead atoms. The maximum Gasteiger partial charge on any atom is 0.171 e. The molecule has 0 radical (unpaired) electrons. The van der Waals surface area contributed by atoms with Gasteiger partial charge in [-0.05, 0) is 37.4 Å². The fourth-order valence-electron chi connectivity index (χ4n) is 4.49. The standard InChI is InChI=1S/C28H40N4O3Si/c1-28(2,3)26(34)21-17-32(18-35-13-14-36(4,5)6)27-25(21)31-23(16-29-27)19-9-7-10-20(15-19)30-22-11-8-12-24(22)33/h7,9-10,15-17,22,24,30,33H,8,11-14,18H2,1-6H3/t22-,24-/m1/s1. The van der Waals surface area contributed by atoms with Crippen molar-refractivity contribution in [2.75, 3.05) is 11.9 Å². The van der Waals surface area contributed by atoms with Gasteiger partial charge in [0.25, 0.3) is 0 Å². The van der Waals surface area contributed by atoms with E-state index < -0.39 is 13.5 Å². The predicted molar refractivity (Wildman–Crippen MR) is 148 cm³/mol. The van der Waals surface area contributed by atoms with Gasteiger partial charge >= 0.3 is 0 Å². The van der Waals surface area contributed by atoms with Crippen LogP contribution in [0.15, 0.2) is 36.7 Å². The van der Waals surface area contributed by atoms with Crippen molar-refractivity contribution in [3.63, 3.8) is 0 Å². The van der Waals surface area contributed by atoms with Crippen molar-refractivity contribution < 1.29 is 14.6 Å². The number of aliphatic hydroxyl groups excluding tert-OH is 1. The summed E-state index contributed by atoms with van der Waals surface area (Å²) in [5.41, 5.74) is 3.85. The number of carbonyl (C=O) groups is 1. The van der Waals surface area contributed by atoms with Gasteiger partial charge in [0.05, 0.1) is 29.6 Å². The molecule has 3 aromatic rings.